The Bertz CT molecular complexity index is 522. The van der Waals surface area contributed by atoms with Crippen LogP contribution in [0.5, 0.6) is 11.5 Å². The Morgan fingerprint density at radius 3 is 2.56 bits per heavy atom. The second-order valence-electron chi connectivity index (χ2n) is 3.95. The SMILES string of the molecule is CC(O)OCCOc1cccc2c(O)cccc12. The molecule has 0 saturated heterocycles. The van der Waals surface area contributed by atoms with Gasteiger partial charge in [-0.3, -0.25) is 0 Å². The lowest BCUT2D eigenvalue weighted by Gasteiger charge is -2.11. The van der Waals surface area contributed by atoms with E-state index in [1.165, 1.54) is 0 Å². The second kappa shape index (κ2) is 5.71. The van der Waals surface area contributed by atoms with E-state index in [0.29, 0.717) is 19.0 Å². The molecule has 0 radical (unpaired) electrons. The monoisotopic (exact) mass is 248 g/mol. The van der Waals surface area contributed by atoms with Gasteiger partial charge in [-0.05, 0) is 19.1 Å². The highest BCUT2D eigenvalue weighted by molar-refractivity contribution is 5.92. The Kier molecular flexibility index (Phi) is 4.02. The van der Waals surface area contributed by atoms with Crippen LogP contribution < -0.4 is 4.74 Å². The molecule has 0 amide bonds. The van der Waals surface area contributed by atoms with Crippen LogP contribution in [0.3, 0.4) is 0 Å². The van der Waals surface area contributed by atoms with Crippen LogP contribution in [-0.4, -0.2) is 29.7 Å². The van der Waals surface area contributed by atoms with Gasteiger partial charge in [0.05, 0.1) is 6.61 Å². The average molecular weight is 248 g/mol. The van der Waals surface area contributed by atoms with Crippen LogP contribution in [0.15, 0.2) is 36.4 Å². The number of aromatic hydroxyl groups is 1. The van der Waals surface area contributed by atoms with Gasteiger partial charge >= 0.3 is 0 Å². The first-order valence-corrected chi connectivity index (χ1v) is 5.81. The van der Waals surface area contributed by atoms with Gasteiger partial charge in [0, 0.05) is 10.8 Å². The fourth-order valence-electron chi connectivity index (χ4n) is 1.76. The molecule has 18 heavy (non-hydrogen) atoms. The zero-order valence-electron chi connectivity index (χ0n) is 10.2. The third-order valence-electron chi connectivity index (χ3n) is 2.56. The Labute approximate surface area is 105 Å². The van der Waals surface area contributed by atoms with Crippen LogP contribution in [0, 0.1) is 0 Å². The van der Waals surface area contributed by atoms with Gasteiger partial charge in [0.1, 0.15) is 18.1 Å². The molecule has 2 aromatic rings. The van der Waals surface area contributed by atoms with Crippen LogP contribution in [0.4, 0.5) is 0 Å². The number of aliphatic hydroxyl groups is 1. The lowest BCUT2D eigenvalue weighted by atomic mass is 10.1. The van der Waals surface area contributed by atoms with E-state index in [-0.39, 0.29) is 5.75 Å². The van der Waals surface area contributed by atoms with Gasteiger partial charge in [-0.25, -0.2) is 0 Å². The molecule has 0 fully saturated rings. The topological polar surface area (TPSA) is 58.9 Å². The molecule has 0 saturated carbocycles. The van der Waals surface area contributed by atoms with Crippen molar-refractivity contribution in [2.45, 2.75) is 13.2 Å². The van der Waals surface area contributed by atoms with E-state index in [2.05, 4.69) is 0 Å². The van der Waals surface area contributed by atoms with Gasteiger partial charge in [0.15, 0.2) is 6.29 Å². The normalized spacial score (nSPS) is 12.6. The van der Waals surface area contributed by atoms with Gasteiger partial charge < -0.3 is 19.7 Å². The zero-order valence-corrected chi connectivity index (χ0v) is 10.2. The van der Waals surface area contributed by atoms with Crippen molar-refractivity contribution < 1.29 is 19.7 Å². The summed E-state index contributed by atoms with van der Waals surface area (Å²) < 4.78 is 10.6. The van der Waals surface area contributed by atoms with Crippen molar-refractivity contribution in [2.75, 3.05) is 13.2 Å². The van der Waals surface area contributed by atoms with Crippen LogP contribution in [0.1, 0.15) is 6.92 Å². The summed E-state index contributed by atoms with van der Waals surface area (Å²) in [5.74, 6) is 0.927. The number of benzene rings is 2. The summed E-state index contributed by atoms with van der Waals surface area (Å²) in [5, 5.41) is 20.3. The molecule has 1 atom stereocenters. The quantitative estimate of drug-likeness (QED) is 0.629. The molecule has 0 bridgehead atoms. The van der Waals surface area contributed by atoms with E-state index >= 15 is 0 Å². The fourth-order valence-corrected chi connectivity index (χ4v) is 1.76. The third kappa shape index (κ3) is 2.91. The predicted molar refractivity (Wildman–Crippen MR) is 68.7 cm³/mol. The van der Waals surface area contributed by atoms with Crippen molar-refractivity contribution in [3.63, 3.8) is 0 Å². The van der Waals surface area contributed by atoms with E-state index in [1.807, 2.05) is 24.3 Å². The first-order valence-electron chi connectivity index (χ1n) is 5.81. The number of hydrogen-bond donors (Lipinski definition) is 2. The maximum absolute atomic E-state index is 9.73. The highest BCUT2D eigenvalue weighted by atomic mass is 16.6. The molecule has 2 N–H and O–H groups in total. The lowest BCUT2D eigenvalue weighted by molar-refractivity contribution is -0.0912. The van der Waals surface area contributed by atoms with Crippen LogP contribution in [0.25, 0.3) is 10.8 Å². The minimum absolute atomic E-state index is 0.234. The molecule has 4 nitrogen and oxygen atoms in total. The maximum atomic E-state index is 9.73. The van der Waals surface area contributed by atoms with Gasteiger partial charge in [-0.2, -0.15) is 0 Å². The van der Waals surface area contributed by atoms with E-state index in [1.54, 1.807) is 19.1 Å². The number of rotatable bonds is 5. The highest BCUT2D eigenvalue weighted by Crippen LogP contribution is 2.31. The molecule has 0 aliphatic heterocycles. The van der Waals surface area contributed by atoms with E-state index in [9.17, 15) is 5.11 Å². The molecule has 4 heteroatoms. The molecule has 0 spiro atoms. The predicted octanol–water partition coefficient (Wildman–Crippen LogP) is 2.28. The van der Waals surface area contributed by atoms with Crippen molar-refractivity contribution in [3.05, 3.63) is 36.4 Å². The molecular weight excluding hydrogens is 232 g/mol. The molecule has 0 heterocycles. The molecule has 96 valence electrons. The number of aliphatic hydroxyl groups excluding tert-OH is 1. The molecule has 0 aromatic heterocycles. The smallest absolute Gasteiger partial charge is 0.151 e. The Morgan fingerprint density at radius 2 is 1.78 bits per heavy atom. The minimum Gasteiger partial charge on any atom is -0.507 e. The van der Waals surface area contributed by atoms with Crippen LogP contribution >= 0.6 is 0 Å². The first-order chi connectivity index (χ1) is 8.68. The summed E-state index contributed by atoms with van der Waals surface area (Å²) in [6, 6.07) is 10.8. The van der Waals surface area contributed by atoms with Crippen molar-refractivity contribution in [1.82, 2.24) is 0 Å². The lowest BCUT2D eigenvalue weighted by Crippen LogP contribution is -2.13. The van der Waals surface area contributed by atoms with Crippen molar-refractivity contribution >= 4 is 10.8 Å². The van der Waals surface area contributed by atoms with E-state index in [0.717, 1.165) is 10.8 Å². The summed E-state index contributed by atoms with van der Waals surface area (Å²) in [4.78, 5) is 0. The Hall–Kier alpha value is -1.78. The standard InChI is InChI=1S/C14H16O4/c1-10(15)17-8-9-18-14-7-3-4-11-12(14)5-2-6-13(11)16/h2-7,10,15-16H,8-9H2,1H3. The maximum Gasteiger partial charge on any atom is 0.151 e. The number of phenolic OH excluding ortho intramolecular Hbond substituents is 1. The first kappa shape index (κ1) is 12.7. The molecular formula is C14H16O4. The van der Waals surface area contributed by atoms with Gasteiger partial charge in [-0.1, -0.05) is 24.3 Å². The van der Waals surface area contributed by atoms with Crippen LogP contribution in [0.2, 0.25) is 0 Å². The van der Waals surface area contributed by atoms with Gasteiger partial charge in [0.2, 0.25) is 0 Å². The third-order valence-corrected chi connectivity index (χ3v) is 2.56. The summed E-state index contributed by atoms with van der Waals surface area (Å²) in [5.41, 5.74) is 0. The molecule has 2 rings (SSSR count). The minimum atomic E-state index is -0.787. The summed E-state index contributed by atoms with van der Waals surface area (Å²) in [6.45, 7) is 2.21. The summed E-state index contributed by atoms with van der Waals surface area (Å²) >= 11 is 0. The average Bonchev–Trinajstić information content (AvgIpc) is 2.35. The van der Waals surface area contributed by atoms with E-state index in [4.69, 9.17) is 14.6 Å². The van der Waals surface area contributed by atoms with Gasteiger partial charge in [0.25, 0.3) is 0 Å². The molecule has 1 unspecified atom stereocenters. The fraction of sp³-hybridized carbons (Fsp3) is 0.286. The number of phenols is 1. The van der Waals surface area contributed by atoms with E-state index < -0.39 is 6.29 Å². The van der Waals surface area contributed by atoms with Crippen molar-refractivity contribution in [3.8, 4) is 11.5 Å². The Balaban J connectivity index is 2.11. The number of ether oxygens (including phenoxy) is 2. The van der Waals surface area contributed by atoms with Crippen molar-refractivity contribution in [1.29, 1.82) is 0 Å². The van der Waals surface area contributed by atoms with Crippen molar-refractivity contribution in [2.24, 2.45) is 0 Å². The largest absolute Gasteiger partial charge is 0.507 e. The Morgan fingerprint density at radius 1 is 1.06 bits per heavy atom. The summed E-state index contributed by atoms with van der Waals surface area (Å²) in [7, 11) is 0. The second-order valence-corrected chi connectivity index (χ2v) is 3.95. The molecule has 2 aromatic carbocycles. The number of fused-ring (bicyclic) bond motifs is 1. The zero-order chi connectivity index (χ0) is 13.0. The highest BCUT2D eigenvalue weighted by Gasteiger charge is 2.05. The molecule has 0 aliphatic carbocycles. The van der Waals surface area contributed by atoms with Gasteiger partial charge in [-0.15, -0.1) is 0 Å². The summed E-state index contributed by atoms with van der Waals surface area (Å²) in [6.07, 6.45) is -0.787. The number of hydrogen-bond acceptors (Lipinski definition) is 4. The molecule has 0 aliphatic rings. The van der Waals surface area contributed by atoms with Crippen LogP contribution in [-0.2, 0) is 4.74 Å².